The summed E-state index contributed by atoms with van der Waals surface area (Å²) in [6.45, 7) is 2.81. The largest absolute Gasteiger partial charge is 0.448 e. The summed E-state index contributed by atoms with van der Waals surface area (Å²) in [6.07, 6.45) is 7.45. The van der Waals surface area contributed by atoms with E-state index in [-0.39, 0.29) is 5.91 Å². The highest BCUT2D eigenvalue weighted by Crippen LogP contribution is 2.24. The lowest BCUT2D eigenvalue weighted by molar-refractivity contribution is 0.0594. The maximum absolute atomic E-state index is 12.9. The van der Waals surface area contributed by atoms with E-state index in [0.29, 0.717) is 23.9 Å². The van der Waals surface area contributed by atoms with Crippen LogP contribution in [0.1, 0.15) is 54.4 Å². The van der Waals surface area contributed by atoms with Crippen molar-refractivity contribution >= 4 is 5.91 Å². The zero-order valence-corrected chi connectivity index (χ0v) is 13.7. The molecule has 3 rings (SSSR count). The Labute approximate surface area is 137 Å². The van der Waals surface area contributed by atoms with Crippen molar-refractivity contribution in [3.05, 3.63) is 53.7 Å². The number of piperidine rings is 1. The predicted octanol–water partition coefficient (Wildman–Crippen LogP) is 3.86. The molecular weight excluding hydrogens is 288 g/mol. The van der Waals surface area contributed by atoms with Crippen molar-refractivity contribution in [3.8, 4) is 0 Å². The standard InChI is InChI=1S/C19H24N2O2/c1-2-17-18(20-14-23-17)19(22)21-13-7-6-10-16(21)12-11-15-8-4-3-5-9-15/h3-5,8-9,14,16H,2,6-7,10-13H2,1H3. The van der Waals surface area contributed by atoms with Crippen LogP contribution >= 0.6 is 0 Å². The van der Waals surface area contributed by atoms with E-state index in [1.807, 2.05) is 17.9 Å². The normalized spacial score (nSPS) is 18.1. The second-order valence-corrected chi connectivity index (χ2v) is 6.15. The van der Waals surface area contributed by atoms with Gasteiger partial charge in [-0.15, -0.1) is 0 Å². The molecule has 122 valence electrons. The highest BCUT2D eigenvalue weighted by molar-refractivity contribution is 5.93. The van der Waals surface area contributed by atoms with Gasteiger partial charge in [0.1, 0.15) is 5.76 Å². The Morgan fingerprint density at radius 2 is 2.13 bits per heavy atom. The lowest BCUT2D eigenvalue weighted by Gasteiger charge is -2.35. The molecule has 0 spiro atoms. The Morgan fingerprint density at radius 1 is 1.30 bits per heavy atom. The molecule has 1 aromatic heterocycles. The van der Waals surface area contributed by atoms with Crippen LogP contribution < -0.4 is 0 Å². The zero-order chi connectivity index (χ0) is 16.1. The van der Waals surface area contributed by atoms with Crippen molar-refractivity contribution in [2.75, 3.05) is 6.54 Å². The minimum atomic E-state index is 0.0355. The molecule has 4 nitrogen and oxygen atoms in total. The van der Waals surface area contributed by atoms with Crippen LogP contribution in [0.3, 0.4) is 0 Å². The molecule has 1 amide bonds. The lowest BCUT2D eigenvalue weighted by atomic mass is 9.95. The average molecular weight is 312 g/mol. The summed E-state index contributed by atoms with van der Waals surface area (Å²) in [5.41, 5.74) is 1.83. The summed E-state index contributed by atoms with van der Waals surface area (Å²) in [5.74, 6) is 0.732. The Bertz CT molecular complexity index is 636. The number of rotatable bonds is 5. The van der Waals surface area contributed by atoms with E-state index in [0.717, 1.165) is 32.2 Å². The fourth-order valence-electron chi connectivity index (χ4n) is 3.38. The van der Waals surface area contributed by atoms with Crippen molar-refractivity contribution in [3.63, 3.8) is 0 Å². The highest BCUT2D eigenvalue weighted by Gasteiger charge is 2.30. The minimum Gasteiger partial charge on any atom is -0.448 e. The van der Waals surface area contributed by atoms with E-state index in [1.54, 1.807) is 0 Å². The summed E-state index contributed by atoms with van der Waals surface area (Å²) in [4.78, 5) is 19.0. The van der Waals surface area contributed by atoms with Gasteiger partial charge in [0, 0.05) is 19.0 Å². The quantitative estimate of drug-likeness (QED) is 0.842. The molecule has 2 aromatic rings. The number of aryl methyl sites for hydroxylation is 2. The summed E-state index contributed by atoms with van der Waals surface area (Å²) in [7, 11) is 0. The molecule has 1 atom stereocenters. The molecule has 0 radical (unpaired) electrons. The van der Waals surface area contributed by atoms with E-state index >= 15 is 0 Å². The second-order valence-electron chi connectivity index (χ2n) is 6.15. The SMILES string of the molecule is CCc1ocnc1C(=O)N1CCCCC1CCc1ccccc1. The Kier molecular flexibility index (Phi) is 5.11. The Morgan fingerprint density at radius 3 is 2.91 bits per heavy atom. The maximum atomic E-state index is 12.9. The van der Waals surface area contributed by atoms with Crippen LogP contribution in [-0.4, -0.2) is 28.4 Å². The third-order valence-electron chi connectivity index (χ3n) is 4.66. The molecule has 0 N–H and O–H groups in total. The van der Waals surface area contributed by atoms with Gasteiger partial charge in [0.2, 0.25) is 0 Å². The number of likely N-dealkylation sites (tertiary alicyclic amines) is 1. The minimum absolute atomic E-state index is 0.0355. The van der Waals surface area contributed by atoms with E-state index in [1.165, 1.54) is 18.4 Å². The van der Waals surface area contributed by atoms with Crippen LogP contribution in [-0.2, 0) is 12.8 Å². The molecule has 4 heteroatoms. The van der Waals surface area contributed by atoms with Gasteiger partial charge in [-0.3, -0.25) is 4.79 Å². The van der Waals surface area contributed by atoms with E-state index in [4.69, 9.17) is 4.42 Å². The van der Waals surface area contributed by atoms with Gasteiger partial charge < -0.3 is 9.32 Å². The van der Waals surface area contributed by atoms with Crippen LogP contribution in [0, 0.1) is 0 Å². The maximum Gasteiger partial charge on any atom is 0.276 e. The average Bonchev–Trinajstić information content (AvgIpc) is 3.09. The number of nitrogens with zero attached hydrogens (tertiary/aromatic N) is 2. The number of aromatic nitrogens is 1. The van der Waals surface area contributed by atoms with Crippen molar-refractivity contribution < 1.29 is 9.21 Å². The molecule has 23 heavy (non-hydrogen) atoms. The van der Waals surface area contributed by atoms with Crippen LogP contribution in [0.4, 0.5) is 0 Å². The molecule has 1 aromatic carbocycles. The summed E-state index contributed by atoms with van der Waals surface area (Å²) < 4.78 is 5.33. The number of hydrogen-bond acceptors (Lipinski definition) is 3. The fraction of sp³-hybridized carbons (Fsp3) is 0.474. The molecule has 1 unspecified atom stereocenters. The third-order valence-corrected chi connectivity index (χ3v) is 4.66. The number of benzene rings is 1. The van der Waals surface area contributed by atoms with E-state index < -0.39 is 0 Å². The molecule has 0 bridgehead atoms. The van der Waals surface area contributed by atoms with Crippen molar-refractivity contribution in [2.24, 2.45) is 0 Å². The van der Waals surface area contributed by atoms with Gasteiger partial charge in [-0.2, -0.15) is 0 Å². The molecule has 0 aliphatic carbocycles. The molecule has 1 saturated heterocycles. The first kappa shape index (κ1) is 15.8. The predicted molar refractivity (Wildman–Crippen MR) is 89.3 cm³/mol. The van der Waals surface area contributed by atoms with Gasteiger partial charge in [-0.25, -0.2) is 4.98 Å². The highest BCUT2D eigenvalue weighted by atomic mass is 16.3. The fourth-order valence-corrected chi connectivity index (χ4v) is 3.38. The number of amides is 1. The molecule has 0 saturated carbocycles. The first-order valence-electron chi connectivity index (χ1n) is 8.57. The number of carbonyl (C=O) groups is 1. The van der Waals surface area contributed by atoms with Crippen molar-refractivity contribution in [1.82, 2.24) is 9.88 Å². The van der Waals surface area contributed by atoms with Gasteiger partial charge in [-0.1, -0.05) is 37.3 Å². The topological polar surface area (TPSA) is 46.3 Å². The van der Waals surface area contributed by atoms with Crippen LogP contribution in [0.15, 0.2) is 41.1 Å². The zero-order valence-electron chi connectivity index (χ0n) is 13.7. The Hall–Kier alpha value is -2.10. The summed E-state index contributed by atoms with van der Waals surface area (Å²) >= 11 is 0. The monoisotopic (exact) mass is 312 g/mol. The molecular formula is C19H24N2O2. The van der Waals surface area contributed by atoms with Gasteiger partial charge in [0.25, 0.3) is 5.91 Å². The van der Waals surface area contributed by atoms with Crippen LogP contribution in [0.25, 0.3) is 0 Å². The van der Waals surface area contributed by atoms with Crippen LogP contribution in [0.5, 0.6) is 0 Å². The third kappa shape index (κ3) is 3.63. The van der Waals surface area contributed by atoms with Gasteiger partial charge in [0.05, 0.1) is 0 Å². The van der Waals surface area contributed by atoms with Crippen molar-refractivity contribution in [2.45, 2.75) is 51.5 Å². The summed E-state index contributed by atoms with van der Waals surface area (Å²) in [6, 6.07) is 10.8. The van der Waals surface area contributed by atoms with E-state index in [9.17, 15) is 4.79 Å². The number of carbonyl (C=O) groups excluding carboxylic acids is 1. The Balaban J connectivity index is 1.70. The number of oxazole rings is 1. The smallest absolute Gasteiger partial charge is 0.276 e. The van der Waals surface area contributed by atoms with Crippen LogP contribution in [0.2, 0.25) is 0 Å². The summed E-state index contributed by atoms with van der Waals surface area (Å²) in [5, 5.41) is 0. The second kappa shape index (κ2) is 7.44. The van der Waals surface area contributed by atoms with Gasteiger partial charge in [-0.05, 0) is 37.7 Å². The first-order valence-corrected chi connectivity index (χ1v) is 8.57. The lowest BCUT2D eigenvalue weighted by Crippen LogP contribution is -2.44. The molecule has 1 aliphatic rings. The molecule has 1 fully saturated rings. The van der Waals surface area contributed by atoms with Gasteiger partial charge >= 0.3 is 0 Å². The van der Waals surface area contributed by atoms with Gasteiger partial charge in [0.15, 0.2) is 12.1 Å². The molecule has 2 heterocycles. The van der Waals surface area contributed by atoms with E-state index in [2.05, 4.69) is 29.2 Å². The first-order chi connectivity index (χ1) is 11.3. The van der Waals surface area contributed by atoms with Crippen molar-refractivity contribution in [1.29, 1.82) is 0 Å². The number of hydrogen-bond donors (Lipinski definition) is 0. The molecule has 1 aliphatic heterocycles.